The molecule has 0 saturated carbocycles. The fourth-order valence-corrected chi connectivity index (χ4v) is 3.87. The number of benzene rings is 2. The molecule has 0 radical (unpaired) electrons. The Bertz CT molecular complexity index is 1080. The third-order valence-corrected chi connectivity index (χ3v) is 5.78. The molecule has 0 saturated heterocycles. The molecule has 4 aromatic rings. The van der Waals surface area contributed by atoms with Crippen LogP contribution in [0.1, 0.15) is 52.7 Å². The molecule has 2 aromatic carbocycles. The van der Waals surface area contributed by atoms with Crippen LogP contribution in [0.5, 0.6) is 0 Å². The lowest BCUT2D eigenvalue weighted by molar-refractivity contribution is 0.589. The Morgan fingerprint density at radius 2 is 0.833 bits per heavy atom. The first-order valence-corrected chi connectivity index (χ1v) is 10.6. The number of pyridine rings is 2. The van der Waals surface area contributed by atoms with Crippen LogP contribution in [-0.2, 0) is 10.8 Å². The van der Waals surface area contributed by atoms with Crippen LogP contribution in [-0.4, -0.2) is 9.97 Å². The molecule has 2 aromatic heterocycles. The molecule has 152 valence electrons. The van der Waals surface area contributed by atoms with Gasteiger partial charge >= 0.3 is 0 Å². The highest BCUT2D eigenvalue weighted by atomic mass is 14.6. The molecule has 0 N–H and O–H groups in total. The van der Waals surface area contributed by atoms with Crippen molar-refractivity contribution in [3.05, 3.63) is 84.4 Å². The van der Waals surface area contributed by atoms with Gasteiger partial charge in [0.25, 0.3) is 0 Å². The maximum atomic E-state index is 4.24. The Morgan fingerprint density at radius 1 is 0.500 bits per heavy atom. The van der Waals surface area contributed by atoms with Gasteiger partial charge in [0.15, 0.2) is 0 Å². The van der Waals surface area contributed by atoms with E-state index in [0.29, 0.717) is 0 Å². The zero-order chi connectivity index (χ0) is 21.5. The molecule has 0 spiro atoms. The highest BCUT2D eigenvalue weighted by Gasteiger charge is 2.22. The third-order valence-electron chi connectivity index (χ3n) is 5.78. The molecule has 2 nitrogen and oxygen atoms in total. The summed E-state index contributed by atoms with van der Waals surface area (Å²) in [6, 6.07) is 17.9. The van der Waals surface area contributed by atoms with E-state index in [4.69, 9.17) is 0 Å². The van der Waals surface area contributed by atoms with E-state index < -0.39 is 0 Å². The molecule has 0 amide bonds. The van der Waals surface area contributed by atoms with Gasteiger partial charge in [-0.1, -0.05) is 41.5 Å². The number of fused-ring (bicyclic) bond motifs is 1. The molecular formula is C28H30N2. The average Bonchev–Trinajstić information content (AvgIpc) is 2.72. The predicted molar refractivity (Wildman–Crippen MR) is 128 cm³/mol. The predicted octanol–water partition coefficient (Wildman–Crippen LogP) is 7.56. The first kappa shape index (κ1) is 20.3. The van der Waals surface area contributed by atoms with Crippen LogP contribution in [0.2, 0.25) is 0 Å². The molecule has 30 heavy (non-hydrogen) atoms. The SMILES string of the molecule is CC(C)(C)c1cc(-c2ccncc2)c2cc(C(C)(C)C)cc(-c3ccncc3)c2c1. The van der Waals surface area contributed by atoms with E-state index in [1.165, 1.54) is 44.2 Å². The van der Waals surface area contributed by atoms with Crippen molar-refractivity contribution in [1.82, 2.24) is 9.97 Å². The number of nitrogens with zero attached hydrogens (tertiary/aromatic N) is 2. The zero-order valence-electron chi connectivity index (χ0n) is 18.8. The minimum Gasteiger partial charge on any atom is -0.265 e. The number of hydrogen-bond acceptors (Lipinski definition) is 2. The molecule has 2 heteroatoms. The summed E-state index contributed by atoms with van der Waals surface area (Å²) in [6.07, 6.45) is 7.51. The highest BCUT2D eigenvalue weighted by molar-refractivity contribution is 6.05. The molecule has 0 bridgehead atoms. The van der Waals surface area contributed by atoms with Crippen LogP contribution in [0, 0.1) is 0 Å². The lowest BCUT2D eigenvalue weighted by atomic mass is 9.79. The van der Waals surface area contributed by atoms with Crippen molar-refractivity contribution < 1.29 is 0 Å². The van der Waals surface area contributed by atoms with Gasteiger partial charge in [-0.3, -0.25) is 9.97 Å². The fraction of sp³-hybridized carbons (Fsp3) is 0.286. The van der Waals surface area contributed by atoms with Crippen molar-refractivity contribution in [2.75, 3.05) is 0 Å². The summed E-state index contributed by atoms with van der Waals surface area (Å²) in [5.41, 5.74) is 7.70. The normalized spacial score (nSPS) is 12.3. The number of rotatable bonds is 2. The van der Waals surface area contributed by atoms with Crippen LogP contribution >= 0.6 is 0 Å². The highest BCUT2D eigenvalue weighted by Crippen LogP contribution is 2.41. The van der Waals surface area contributed by atoms with Crippen molar-refractivity contribution in [2.45, 2.75) is 52.4 Å². The molecule has 4 rings (SSSR count). The van der Waals surface area contributed by atoms with Crippen LogP contribution < -0.4 is 0 Å². The quantitative estimate of drug-likeness (QED) is 0.350. The largest absolute Gasteiger partial charge is 0.265 e. The molecule has 0 aliphatic carbocycles. The molecular weight excluding hydrogens is 364 g/mol. The van der Waals surface area contributed by atoms with E-state index in [0.717, 1.165) is 0 Å². The summed E-state index contributed by atoms with van der Waals surface area (Å²) in [4.78, 5) is 8.47. The summed E-state index contributed by atoms with van der Waals surface area (Å²) >= 11 is 0. The maximum absolute atomic E-state index is 4.24. The van der Waals surface area contributed by atoms with Gasteiger partial charge < -0.3 is 0 Å². The number of aromatic nitrogens is 2. The first-order valence-electron chi connectivity index (χ1n) is 10.6. The van der Waals surface area contributed by atoms with Gasteiger partial charge in [0.05, 0.1) is 0 Å². The molecule has 0 aliphatic rings. The maximum Gasteiger partial charge on any atom is 0.0273 e. The van der Waals surface area contributed by atoms with E-state index >= 15 is 0 Å². The Labute approximate surface area is 180 Å². The van der Waals surface area contributed by atoms with Gasteiger partial charge in [-0.15, -0.1) is 0 Å². The summed E-state index contributed by atoms with van der Waals surface area (Å²) in [5, 5.41) is 2.57. The molecule has 2 heterocycles. The summed E-state index contributed by atoms with van der Waals surface area (Å²) < 4.78 is 0. The van der Waals surface area contributed by atoms with E-state index in [1.54, 1.807) is 0 Å². The Morgan fingerprint density at radius 3 is 1.13 bits per heavy atom. The lowest BCUT2D eigenvalue weighted by Gasteiger charge is -2.26. The second-order valence-corrected chi connectivity index (χ2v) is 10.1. The van der Waals surface area contributed by atoms with Crippen molar-refractivity contribution in [2.24, 2.45) is 0 Å². The van der Waals surface area contributed by atoms with Crippen molar-refractivity contribution in [3.8, 4) is 22.3 Å². The zero-order valence-corrected chi connectivity index (χ0v) is 18.8. The Balaban J connectivity index is 2.17. The van der Waals surface area contributed by atoms with Crippen LogP contribution in [0.25, 0.3) is 33.0 Å². The minimum absolute atomic E-state index is 0.0498. The van der Waals surface area contributed by atoms with Gasteiger partial charge in [-0.05, 0) is 104 Å². The fourth-order valence-electron chi connectivity index (χ4n) is 3.87. The summed E-state index contributed by atoms with van der Waals surface area (Å²) in [6.45, 7) is 13.7. The van der Waals surface area contributed by atoms with E-state index in [-0.39, 0.29) is 10.8 Å². The van der Waals surface area contributed by atoms with E-state index in [9.17, 15) is 0 Å². The lowest BCUT2D eigenvalue weighted by Crippen LogP contribution is -2.13. The van der Waals surface area contributed by atoms with Gasteiger partial charge in [0.2, 0.25) is 0 Å². The Kier molecular flexibility index (Phi) is 4.97. The van der Waals surface area contributed by atoms with E-state index in [2.05, 4.69) is 100 Å². The topological polar surface area (TPSA) is 25.8 Å². The van der Waals surface area contributed by atoms with E-state index in [1.807, 2.05) is 24.8 Å². The smallest absolute Gasteiger partial charge is 0.0273 e. The molecule has 0 atom stereocenters. The van der Waals surface area contributed by atoms with Gasteiger partial charge in [-0.2, -0.15) is 0 Å². The van der Waals surface area contributed by atoms with Crippen molar-refractivity contribution in [1.29, 1.82) is 0 Å². The first-order chi connectivity index (χ1) is 14.1. The molecule has 0 fully saturated rings. The summed E-state index contributed by atoms with van der Waals surface area (Å²) in [5.74, 6) is 0. The second kappa shape index (κ2) is 7.36. The van der Waals surface area contributed by atoms with Gasteiger partial charge in [0.1, 0.15) is 0 Å². The van der Waals surface area contributed by atoms with Crippen LogP contribution in [0.4, 0.5) is 0 Å². The van der Waals surface area contributed by atoms with Gasteiger partial charge in [-0.25, -0.2) is 0 Å². The van der Waals surface area contributed by atoms with Crippen molar-refractivity contribution >= 4 is 10.8 Å². The standard InChI is InChI=1S/C28H30N2/c1-27(2,3)21-15-23(19-7-11-29-12-8-19)26-18-22(28(4,5)6)16-24(25(26)17-21)20-9-13-30-14-10-20/h7-18H,1-6H3. The minimum atomic E-state index is 0.0498. The number of hydrogen-bond donors (Lipinski definition) is 0. The Hall–Kier alpha value is -3.00. The second-order valence-electron chi connectivity index (χ2n) is 10.1. The summed E-state index contributed by atoms with van der Waals surface area (Å²) in [7, 11) is 0. The third kappa shape index (κ3) is 3.87. The average molecular weight is 395 g/mol. The van der Waals surface area contributed by atoms with Crippen LogP contribution in [0.3, 0.4) is 0 Å². The van der Waals surface area contributed by atoms with Crippen molar-refractivity contribution in [3.63, 3.8) is 0 Å². The van der Waals surface area contributed by atoms with Gasteiger partial charge in [0, 0.05) is 24.8 Å². The molecule has 0 unspecified atom stereocenters. The monoisotopic (exact) mass is 394 g/mol. The molecule has 0 aliphatic heterocycles. The van der Waals surface area contributed by atoms with Crippen LogP contribution in [0.15, 0.2) is 73.3 Å².